The summed E-state index contributed by atoms with van der Waals surface area (Å²) in [7, 11) is 1.60. The van der Waals surface area contributed by atoms with Crippen LogP contribution >= 0.6 is 0 Å². The van der Waals surface area contributed by atoms with Crippen molar-refractivity contribution in [2.45, 2.75) is 26.8 Å². The molecule has 0 aliphatic heterocycles. The van der Waals surface area contributed by atoms with E-state index in [4.69, 9.17) is 9.47 Å². The molecule has 1 amide bonds. The van der Waals surface area contributed by atoms with Crippen LogP contribution in [-0.2, 0) is 20.8 Å². The predicted molar refractivity (Wildman–Crippen MR) is 72.0 cm³/mol. The molecule has 0 bridgehead atoms. The van der Waals surface area contributed by atoms with Crippen LogP contribution < -0.4 is 5.32 Å². The van der Waals surface area contributed by atoms with Gasteiger partial charge in [0.05, 0.1) is 18.9 Å². The molecule has 6 nitrogen and oxygen atoms in total. The van der Waals surface area contributed by atoms with Gasteiger partial charge in [0.2, 0.25) is 5.91 Å². The van der Waals surface area contributed by atoms with Crippen molar-refractivity contribution < 1.29 is 14.3 Å². The minimum atomic E-state index is -0.0931. The maximum Gasteiger partial charge on any atom is 0.246 e. The number of rotatable bonds is 9. The molecule has 0 aliphatic carbocycles. The monoisotopic (exact) mass is 269 g/mol. The Hall–Kier alpha value is -1.40. The molecular weight excluding hydrogens is 246 g/mol. The highest BCUT2D eigenvalue weighted by molar-refractivity contribution is 5.77. The fraction of sp³-hybridized carbons (Fsp3) is 0.692. The van der Waals surface area contributed by atoms with E-state index in [1.807, 2.05) is 24.6 Å². The molecule has 0 spiro atoms. The Morgan fingerprint density at radius 3 is 2.84 bits per heavy atom. The van der Waals surface area contributed by atoms with Crippen molar-refractivity contribution in [2.75, 3.05) is 33.5 Å². The Morgan fingerprint density at radius 1 is 1.42 bits per heavy atom. The van der Waals surface area contributed by atoms with Crippen LogP contribution in [0.15, 0.2) is 6.07 Å². The van der Waals surface area contributed by atoms with Gasteiger partial charge >= 0.3 is 0 Å². The van der Waals surface area contributed by atoms with Gasteiger partial charge in [0.25, 0.3) is 0 Å². The molecule has 1 heterocycles. The van der Waals surface area contributed by atoms with E-state index in [9.17, 15) is 4.79 Å². The van der Waals surface area contributed by atoms with Gasteiger partial charge in [-0.15, -0.1) is 0 Å². The van der Waals surface area contributed by atoms with Gasteiger partial charge in [-0.25, -0.2) is 0 Å². The van der Waals surface area contributed by atoms with Gasteiger partial charge in [0, 0.05) is 25.9 Å². The van der Waals surface area contributed by atoms with Crippen LogP contribution in [0.4, 0.5) is 0 Å². The van der Waals surface area contributed by atoms with Gasteiger partial charge in [0.15, 0.2) is 0 Å². The molecule has 1 N–H and O–H groups in total. The van der Waals surface area contributed by atoms with Crippen molar-refractivity contribution in [3.63, 3.8) is 0 Å². The second-order valence-electron chi connectivity index (χ2n) is 4.40. The number of amides is 1. The number of nitrogens with zero attached hydrogens (tertiary/aromatic N) is 2. The first kappa shape index (κ1) is 15.7. The van der Waals surface area contributed by atoms with Crippen molar-refractivity contribution in [1.82, 2.24) is 15.1 Å². The molecule has 0 fully saturated rings. The van der Waals surface area contributed by atoms with Crippen LogP contribution in [0, 0.1) is 13.8 Å². The lowest BCUT2D eigenvalue weighted by molar-refractivity contribution is -0.126. The van der Waals surface area contributed by atoms with E-state index in [-0.39, 0.29) is 12.5 Å². The number of nitrogens with one attached hydrogen (secondary N) is 1. The molecule has 1 rings (SSSR count). The van der Waals surface area contributed by atoms with E-state index >= 15 is 0 Å². The Kier molecular flexibility index (Phi) is 7.14. The normalized spacial score (nSPS) is 10.7. The molecular formula is C13H23N3O3. The average Bonchev–Trinajstić information content (AvgIpc) is 2.69. The zero-order chi connectivity index (χ0) is 14.1. The van der Waals surface area contributed by atoms with Crippen LogP contribution in [0.5, 0.6) is 0 Å². The highest BCUT2D eigenvalue weighted by atomic mass is 16.5. The number of methoxy groups -OCH3 is 1. The quantitative estimate of drug-likeness (QED) is 0.669. The largest absolute Gasteiger partial charge is 0.382 e. The van der Waals surface area contributed by atoms with E-state index in [1.54, 1.807) is 7.11 Å². The Morgan fingerprint density at radius 2 is 2.21 bits per heavy atom. The molecule has 0 aliphatic rings. The van der Waals surface area contributed by atoms with E-state index in [2.05, 4.69) is 10.4 Å². The summed E-state index contributed by atoms with van der Waals surface area (Å²) in [4.78, 5) is 11.4. The highest BCUT2D eigenvalue weighted by Crippen LogP contribution is 2.02. The van der Waals surface area contributed by atoms with Crippen molar-refractivity contribution in [3.05, 3.63) is 17.5 Å². The number of hydrogen-bond donors (Lipinski definition) is 1. The van der Waals surface area contributed by atoms with Gasteiger partial charge in [-0.1, -0.05) is 0 Å². The van der Waals surface area contributed by atoms with Crippen LogP contribution in [0.1, 0.15) is 17.8 Å². The van der Waals surface area contributed by atoms with Gasteiger partial charge < -0.3 is 14.8 Å². The Balaban J connectivity index is 2.07. The lowest BCUT2D eigenvalue weighted by atomic mass is 10.4. The van der Waals surface area contributed by atoms with Gasteiger partial charge in [0.1, 0.15) is 6.61 Å². The van der Waals surface area contributed by atoms with Gasteiger partial charge in [-0.2, -0.15) is 5.10 Å². The van der Waals surface area contributed by atoms with E-state index < -0.39 is 0 Å². The van der Waals surface area contributed by atoms with Gasteiger partial charge in [-0.05, 0) is 26.3 Å². The summed E-state index contributed by atoms with van der Waals surface area (Å²) >= 11 is 0. The van der Waals surface area contributed by atoms with E-state index in [1.165, 1.54) is 0 Å². The second-order valence-corrected chi connectivity index (χ2v) is 4.40. The smallest absolute Gasteiger partial charge is 0.246 e. The van der Waals surface area contributed by atoms with Crippen molar-refractivity contribution in [2.24, 2.45) is 0 Å². The third-order valence-electron chi connectivity index (χ3n) is 2.64. The number of ether oxygens (including phenoxy) is 2. The Bertz CT molecular complexity index is 390. The topological polar surface area (TPSA) is 65.4 Å². The van der Waals surface area contributed by atoms with Crippen molar-refractivity contribution in [3.8, 4) is 0 Å². The third kappa shape index (κ3) is 6.35. The van der Waals surface area contributed by atoms with Crippen LogP contribution in [0.25, 0.3) is 0 Å². The number of hydrogen-bond acceptors (Lipinski definition) is 4. The molecule has 1 aromatic rings. The molecule has 6 heteroatoms. The van der Waals surface area contributed by atoms with Crippen molar-refractivity contribution >= 4 is 5.91 Å². The molecule has 0 unspecified atom stereocenters. The predicted octanol–water partition coefficient (Wildman–Crippen LogP) is 0.669. The molecule has 0 atom stereocenters. The SMILES string of the molecule is COCCOCC(=O)NCCCn1nc(C)cc1C. The molecule has 0 saturated carbocycles. The summed E-state index contributed by atoms with van der Waals surface area (Å²) in [5.74, 6) is -0.0931. The van der Waals surface area contributed by atoms with E-state index in [0.29, 0.717) is 19.8 Å². The minimum Gasteiger partial charge on any atom is -0.382 e. The molecule has 0 saturated heterocycles. The summed E-state index contributed by atoms with van der Waals surface area (Å²) in [5, 5.41) is 7.17. The first-order chi connectivity index (χ1) is 9.13. The standard InChI is InChI=1S/C13H23N3O3/c1-11-9-12(2)16(15-11)6-4-5-14-13(17)10-19-8-7-18-3/h9H,4-8,10H2,1-3H3,(H,14,17). The number of carbonyl (C=O) groups excluding carboxylic acids is 1. The molecule has 108 valence electrons. The molecule has 0 radical (unpaired) electrons. The lowest BCUT2D eigenvalue weighted by Gasteiger charge is -2.07. The molecule has 0 aromatic carbocycles. The fourth-order valence-electron chi connectivity index (χ4n) is 1.72. The summed E-state index contributed by atoms with van der Waals surface area (Å²) in [5.41, 5.74) is 2.17. The number of aromatic nitrogens is 2. The summed E-state index contributed by atoms with van der Waals surface area (Å²) in [6.07, 6.45) is 0.853. The maximum absolute atomic E-state index is 11.4. The van der Waals surface area contributed by atoms with Crippen molar-refractivity contribution in [1.29, 1.82) is 0 Å². The van der Waals surface area contributed by atoms with Gasteiger partial charge in [-0.3, -0.25) is 9.48 Å². The van der Waals surface area contributed by atoms with E-state index in [0.717, 1.165) is 24.4 Å². The summed E-state index contributed by atoms with van der Waals surface area (Å²) < 4.78 is 11.9. The zero-order valence-electron chi connectivity index (χ0n) is 11.9. The average molecular weight is 269 g/mol. The fourth-order valence-corrected chi connectivity index (χ4v) is 1.72. The summed E-state index contributed by atoms with van der Waals surface area (Å²) in [6.45, 7) is 6.48. The Labute approximate surface area is 114 Å². The first-order valence-electron chi connectivity index (χ1n) is 6.48. The zero-order valence-corrected chi connectivity index (χ0v) is 11.9. The molecule has 19 heavy (non-hydrogen) atoms. The van der Waals surface area contributed by atoms with Crippen LogP contribution in [0.3, 0.4) is 0 Å². The maximum atomic E-state index is 11.4. The lowest BCUT2D eigenvalue weighted by Crippen LogP contribution is -2.29. The third-order valence-corrected chi connectivity index (χ3v) is 2.64. The number of carbonyl (C=O) groups is 1. The molecule has 1 aromatic heterocycles. The highest BCUT2D eigenvalue weighted by Gasteiger charge is 2.02. The second kappa shape index (κ2) is 8.66. The minimum absolute atomic E-state index is 0.0866. The first-order valence-corrected chi connectivity index (χ1v) is 6.48. The van der Waals surface area contributed by atoms with Crippen LogP contribution in [0.2, 0.25) is 0 Å². The summed E-state index contributed by atoms with van der Waals surface area (Å²) in [6, 6.07) is 2.04. The van der Waals surface area contributed by atoms with Crippen LogP contribution in [-0.4, -0.2) is 49.2 Å². The number of aryl methyl sites for hydroxylation is 3.